The molecule has 0 radical (unpaired) electrons. The Bertz CT molecular complexity index is 964. The molecule has 1 aromatic carbocycles. The average Bonchev–Trinajstić information content (AvgIpc) is 3.43. The van der Waals surface area contributed by atoms with Crippen molar-refractivity contribution < 1.29 is 14.0 Å². The normalized spacial score (nSPS) is 10.6. The van der Waals surface area contributed by atoms with E-state index in [9.17, 15) is 9.59 Å². The highest BCUT2D eigenvalue weighted by Gasteiger charge is 2.23. The molecule has 0 bridgehead atoms. The first kappa shape index (κ1) is 21.6. The molecule has 0 fully saturated rings. The lowest BCUT2D eigenvalue weighted by Crippen LogP contribution is -2.43. The number of thiophene rings is 1. The third-order valence-corrected chi connectivity index (χ3v) is 5.56. The summed E-state index contributed by atoms with van der Waals surface area (Å²) in [6.45, 7) is 6.83. The topological polar surface area (TPSA) is 53.8 Å². The van der Waals surface area contributed by atoms with Crippen LogP contribution in [0.3, 0.4) is 0 Å². The van der Waals surface area contributed by atoms with Gasteiger partial charge in [0.15, 0.2) is 0 Å². The summed E-state index contributed by atoms with van der Waals surface area (Å²) in [5.74, 6) is 1.26. The molecule has 0 aliphatic rings. The van der Waals surface area contributed by atoms with Crippen molar-refractivity contribution in [2.24, 2.45) is 0 Å². The van der Waals surface area contributed by atoms with E-state index >= 15 is 0 Å². The Morgan fingerprint density at radius 2 is 1.87 bits per heavy atom. The molecule has 3 rings (SSSR count). The number of benzene rings is 1. The van der Waals surface area contributed by atoms with Crippen LogP contribution in [0.2, 0.25) is 0 Å². The Morgan fingerprint density at radius 3 is 2.50 bits per heavy atom. The van der Waals surface area contributed by atoms with Crippen LogP contribution in [-0.2, 0) is 17.8 Å². The van der Waals surface area contributed by atoms with Crippen molar-refractivity contribution in [1.29, 1.82) is 0 Å². The number of carbonyl (C=O) groups is 2. The number of amides is 2. The van der Waals surface area contributed by atoms with E-state index in [0.29, 0.717) is 24.5 Å². The fourth-order valence-corrected chi connectivity index (χ4v) is 3.84. The van der Waals surface area contributed by atoms with Gasteiger partial charge in [0.1, 0.15) is 18.1 Å². The molecule has 0 N–H and O–H groups in total. The van der Waals surface area contributed by atoms with Gasteiger partial charge in [0.25, 0.3) is 5.91 Å². The molecular formula is C24H26N2O3S. The molecule has 0 unspecified atom stereocenters. The molecule has 30 heavy (non-hydrogen) atoms. The number of hydrogen-bond acceptors (Lipinski definition) is 4. The van der Waals surface area contributed by atoms with Gasteiger partial charge in [-0.3, -0.25) is 9.59 Å². The Balaban J connectivity index is 1.73. The molecule has 2 aromatic heterocycles. The summed E-state index contributed by atoms with van der Waals surface area (Å²) in [7, 11) is 0. The van der Waals surface area contributed by atoms with E-state index in [1.54, 1.807) is 17.0 Å². The summed E-state index contributed by atoms with van der Waals surface area (Å²) >= 11 is 1.37. The number of aryl methyl sites for hydroxylation is 1. The molecule has 6 heteroatoms. The molecule has 0 aliphatic carbocycles. The summed E-state index contributed by atoms with van der Waals surface area (Å²) in [5, 5.41) is 1.85. The second-order valence-corrected chi connectivity index (χ2v) is 7.96. The van der Waals surface area contributed by atoms with Crippen LogP contribution >= 0.6 is 11.3 Å². The zero-order chi connectivity index (χ0) is 21.3. The van der Waals surface area contributed by atoms with Crippen molar-refractivity contribution in [1.82, 2.24) is 9.80 Å². The van der Waals surface area contributed by atoms with Crippen molar-refractivity contribution >= 4 is 23.2 Å². The average molecular weight is 423 g/mol. The fraction of sp³-hybridized carbons (Fsp3) is 0.250. The van der Waals surface area contributed by atoms with Crippen LogP contribution in [0.25, 0.3) is 0 Å². The minimum atomic E-state index is -0.157. The maximum Gasteiger partial charge on any atom is 0.264 e. The highest BCUT2D eigenvalue weighted by Crippen LogP contribution is 2.14. The number of carbonyl (C=O) groups excluding carboxylic acids is 2. The Morgan fingerprint density at radius 1 is 1.07 bits per heavy atom. The first-order valence-electron chi connectivity index (χ1n) is 9.87. The molecule has 5 nitrogen and oxygen atoms in total. The van der Waals surface area contributed by atoms with Crippen molar-refractivity contribution in [2.45, 2.75) is 19.9 Å². The lowest BCUT2D eigenvalue weighted by Gasteiger charge is -2.26. The maximum absolute atomic E-state index is 13.2. The monoisotopic (exact) mass is 422 g/mol. The minimum absolute atomic E-state index is 0.00274. The van der Waals surface area contributed by atoms with Crippen molar-refractivity contribution in [3.05, 3.63) is 94.6 Å². The van der Waals surface area contributed by atoms with E-state index in [4.69, 9.17) is 4.42 Å². The predicted octanol–water partition coefficient (Wildman–Crippen LogP) is 4.55. The molecular weight excluding hydrogens is 396 g/mol. The van der Waals surface area contributed by atoms with Crippen LogP contribution in [0.1, 0.15) is 26.8 Å². The number of furan rings is 1. The summed E-state index contributed by atoms with van der Waals surface area (Å²) < 4.78 is 5.69. The van der Waals surface area contributed by atoms with Crippen LogP contribution in [0, 0.1) is 6.92 Å². The highest BCUT2D eigenvalue weighted by molar-refractivity contribution is 7.12. The van der Waals surface area contributed by atoms with Gasteiger partial charge in [0.2, 0.25) is 5.91 Å². The van der Waals surface area contributed by atoms with E-state index in [0.717, 1.165) is 23.5 Å². The lowest BCUT2D eigenvalue weighted by atomic mass is 10.1. The van der Waals surface area contributed by atoms with E-state index < -0.39 is 0 Å². The summed E-state index contributed by atoms with van der Waals surface area (Å²) in [5.41, 5.74) is 1.16. The number of rotatable bonds is 10. The molecule has 3 aromatic rings. The van der Waals surface area contributed by atoms with Gasteiger partial charge in [-0.1, -0.05) is 42.5 Å². The Hall–Kier alpha value is -3.12. The summed E-state index contributed by atoms with van der Waals surface area (Å²) in [6, 6.07) is 17.4. The largest absolute Gasteiger partial charge is 0.464 e. The van der Waals surface area contributed by atoms with Gasteiger partial charge in [0, 0.05) is 13.1 Å². The van der Waals surface area contributed by atoms with Gasteiger partial charge in [-0.05, 0) is 42.5 Å². The van der Waals surface area contributed by atoms with E-state index in [1.807, 2.05) is 60.8 Å². The van der Waals surface area contributed by atoms with Crippen molar-refractivity contribution in [2.75, 3.05) is 19.6 Å². The second-order valence-electron chi connectivity index (χ2n) is 7.01. The van der Waals surface area contributed by atoms with Gasteiger partial charge in [-0.2, -0.15) is 0 Å². The van der Waals surface area contributed by atoms with Crippen molar-refractivity contribution in [3.63, 3.8) is 0 Å². The third kappa shape index (κ3) is 5.94. The van der Waals surface area contributed by atoms with Gasteiger partial charge in [-0.15, -0.1) is 17.9 Å². The molecule has 156 valence electrons. The highest BCUT2D eigenvalue weighted by atomic mass is 32.1. The number of hydrogen-bond donors (Lipinski definition) is 0. The lowest BCUT2D eigenvalue weighted by molar-refractivity contribution is -0.132. The van der Waals surface area contributed by atoms with Crippen LogP contribution in [0.5, 0.6) is 0 Å². The Labute approximate surface area is 181 Å². The van der Waals surface area contributed by atoms with Crippen LogP contribution < -0.4 is 0 Å². The molecule has 0 saturated heterocycles. The first-order chi connectivity index (χ1) is 14.6. The van der Waals surface area contributed by atoms with Crippen molar-refractivity contribution in [3.8, 4) is 0 Å². The second kappa shape index (κ2) is 10.6. The SMILES string of the molecule is C=CCN(CC(=O)N(CCc1ccccc1)Cc1ccc(C)o1)C(=O)c1cccs1. The third-order valence-electron chi connectivity index (χ3n) is 4.70. The van der Waals surface area contributed by atoms with Crippen LogP contribution in [0.4, 0.5) is 0 Å². The van der Waals surface area contributed by atoms with Gasteiger partial charge in [0.05, 0.1) is 11.4 Å². The summed E-state index contributed by atoms with van der Waals surface area (Å²) in [4.78, 5) is 29.9. The van der Waals surface area contributed by atoms with E-state index in [2.05, 4.69) is 6.58 Å². The number of nitrogens with zero attached hydrogens (tertiary/aromatic N) is 2. The molecule has 0 atom stereocenters. The molecule has 0 aliphatic heterocycles. The van der Waals surface area contributed by atoms with E-state index in [1.165, 1.54) is 16.2 Å². The fourth-order valence-electron chi connectivity index (χ4n) is 3.15. The quantitative estimate of drug-likeness (QED) is 0.451. The smallest absolute Gasteiger partial charge is 0.264 e. The molecule has 2 heterocycles. The maximum atomic E-state index is 13.2. The zero-order valence-electron chi connectivity index (χ0n) is 17.1. The zero-order valence-corrected chi connectivity index (χ0v) is 17.9. The predicted molar refractivity (Wildman–Crippen MR) is 119 cm³/mol. The van der Waals surface area contributed by atoms with E-state index in [-0.39, 0.29) is 18.4 Å². The molecule has 0 saturated carbocycles. The molecule has 2 amide bonds. The van der Waals surface area contributed by atoms with Crippen LogP contribution in [-0.4, -0.2) is 41.2 Å². The first-order valence-corrected chi connectivity index (χ1v) is 10.8. The standard InChI is InChI=1S/C24H26N2O3S/c1-3-14-26(24(28)22-10-7-16-30-22)18-23(27)25(17-21-12-11-19(2)29-21)15-13-20-8-5-4-6-9-20/h3-12,16H,1,13-15,17-18H2,2H3. The van der Waals surface area contributed by atoms with Gasteiger partial charge >= 0.3 is 0 Å². The van der Waals surface area contributed by atoms with Gasteiger partial charge in [-0.25, -0.2) is 0 Å². The molecule has 0 spiro atoms. The van der Waals surface area contributed by atoms with Crippen LogP contribution in [0.15, 0.2) is 77.0 Å². The Kier molecular flexibility index (Phi) is 7.63. The summed E-state index contributed by atoms with van der Waals surface area (Å²) in [6.07, 6.45) is 2.37. The minimum Gasteiger partial charge on any atom is -0.464 e. The van der Waals surface area contributed by atoms with Gasteiger partial charge < -0.3 is 14.2 Å².